The largest absolute Gasteiger partial charge is 0.390 e. The zero-order valence-corrected chi connectivity index (χ0v) is 10.4. The van der Waals surface area contributed by atoms with Gasteiger partial charge in [0.05, 0.1) is 25.2 Å². The second-order valence-corrected chi connectivity index (χ2v) is 4.00. The van der Waals surface area contributed by atoms with Crippen LogP contribution in [0, 0.1) is 11.3 Å². The Balaban J connectivity index is 3.61. The molecule has 0 heterocycles. The topological polar surface area (TPSA) is 68.5 Å². The minimum Gasteiger partial charge on any atom is -0.390 e. The van der Waals surface area contributed by atoms with Gasteiger partial charge in [-0.2, -0.15) is 5.26 Å². The molecule has 0 saturated heterocycles. The minimum absolute atomic E-state index is 0.179. The fraction of sp³-hybridized carbons (Fsp3) is 0.909. The van der Waals surface area contributed by atoms with Gasteiger partial charge in [-0.15, -0.1) is 0 Å². The number of hydrogen-bond acceptors (Lipinski definition) is 5. The number of nitrogens with zero attached hydrogens (tertiary/aromatic N) is 2. The van der Waals surface area contributed by atoms with Crippen LogP contribution in [-0.4, -0.2) is 62.6 Å². The van der Waals surface area contributed by atoms with Gasteiger partial charge in [0.25, 0.3) is 0 Å². The lowest BCUT2D eigenvalue weighted by atomic mass is 10.2. The van der Waals surface area contributed by atoms with Crippen molar-refractivity contribution in [1.29, 1.82) is 5.26 Å². The lowest BCUT2D eigenvalue weighted by Crippen LogP contribution is -2.40. The van der Waals surface area contributed by atoms with Gasteiger partial charge in [0.2, 0.25) is 0 Å². The van der Waals surface area contributed by atoms with Crippen LogP contribution >= 0.6 is 0 Å². The van der Waals surface area contributed by atoms with Gasteiger partial charge in [0.1, 0.15) is 0 Å². The molecule has 16 heavy (non-hydrogen) atoms. The first-order valence-electron chi connectivity index (χ1n) is 5.56. The van der Waals surface area contributed by atoms with Crippen molar-refractivity contribution in [3.8, 4) is 6.07 Å². The average molecular weight is 229 g/mol. The third-order valence-corrected chi connectivity index (χ3v) is 2.50. The molecule has 5 nitrogen and oxygen atoms in total. The third kappa shape index (κ3) is 7.60. The van der Waals surface area contributed by atoms with E-state index in [4.69, 9.17) is 10.00 Å². The van der Waals surface area contributed by atoms with Crippen LogP contribution in [0.15, 0.2) is 0 Å². The highest BCUT2D eigenvalue weighted by atomic mass is 16.5. The quantitative estimate of drug-likeness (QED) is 0.537. The number of methoxy groups -OCH3 is 1. The normalized spacial score (nSPS) is 14.8. The van der Waals surface area contributed by atoms with Gasteiger partial charge in [0, 0.05) is 32.8 Å². The predicted octanol–water partition coefficient (Wildman–Crippen LogP) is -0.183. The molecule has 0 aliphatic heterocycles. The molecule has 0 bridgehead atoms. The summed E-state index contributed by atoms with van der Waals surface area (Å²) in [7, 11) is 3.57. The molecule has 5 heteroatoms. The zero-order valence-electron chi connectivity index (χ0n) is 10.4. The van der Waals surface area contributed by atoms with Crippen LogP contribution in [0.1, 0.15) is 13.3 Å². The Morgan fingerprint density at radius 2 is 2.25 bits per heavy atom. The first-order chi connectivity index (χ1) is 7.61. The van der Waals surface area contributed by atoms with Crippen LogP contribution in [-0.2, 0) is 4.74 Å². The van der Waals surface area contributed by atoms with E-state index in [0.29, 0.717) is 26.1 Å². The second-order valence-electron chi connectivity index (χ2n) is 4.00. The Bertz CT molecular complexity index is 206. The van der Waals surface area contributed by atoms with E-state index in [0.717, 1.165) is 6.54 Å². The summed E-state index contributed by atoms with van der Waals surface area (Å²) in [5.74, 6) is 0. The van der Waals surface area contributed by atoms with Gasteiger partial charge in [0.15, 0.2) is 0 Å². The standard InChI is InChI=1S/C11H23N3O2/c1-10(4-5-12)14(2)9-11(15)8-13-6-7-16-3/h10-11,13,15H,4,6-9H2,1-3H3. The number of nitrogens with one attached hydrogen (secondary N) is 1. The van der Waals surface area contributed by atoms with Crippen LogP contribution in [0.4, 0.5) is 0 Å². The summed E-state index contributed by atoms with van der Waals surface area (Å²) in [6, 6.07) is 2.31. The molecule has 0 aromatic rings. The van der Waals surface area contributed by atoms with E-state index in [1.807, 2.05) is 18.9 Å². The lowest BCUT2D eigenvalue weighted by Gasteiger charge is -2.25. The van der Waals surface area contributed by atoms with E-state index < -0.39 is 6.10 Å². The Kier molecular flexibility index (Phi) is 9.15. The molecule has 0 radical (unpaired) electrons. The summed E-state index contributed by atoms with van der Waals surface area (Å²) in [6.07, 6.45) is 0.0725. The molecule has 2 atom stereocenters. The van der Waals surface area contributed by atoms with Gasteiger partial charge in [-0.1, -0.05) is 0 Å². The summed E-state index contributed by atoms with van der Waals surface area (Å²) in [4.78, 5) is 1.99. The number of hydrogen-bond donors (Lipinski definition) is 2. The monoisotopic (exact) mass is 229 g/mol. The molecule has 0 aromatic heterocycles. The van der Waals surface area contributed by atoms with Crippen molar-refractivity contribution >= 4 is 0 Å². The zero-order chi connectivity index (χ0) is 12.4. The SMILES string of the molecule is COCCNCC(O)CN(C)C(C)CC#N. The van der Waals surface area contributed by atoms with Crippen molar-refractivity contribution in [3.63, 3.8) is 0 Å². The van der Waals surface area contributed by atoms with Crippen molar-refractivity contribution in [2.45, 2.75) is 25.5 Å². The maximum atomic E-state index is 9.71. The van der Waals surface area contributed by atoms with Crippen LogP contribution in [0.3, 0.4) is 0 Å². The van der Waals surface area contributed by atoms with Crippen LogP contribution < -0.4 is 5.32 Å². The lowest BCUT2D eigenvalue weighted by molar-refractivity contribution is 0.105. The first-order valence-corrected chi connectivity index (χ1v) is 5.56. The number of aliphatic hydroxyl groups excluding tert-OH is 1. The summed E-state index contributed by atoms with van der Waals surface area (Å²) in [6.45, 7) is 4.49. The maximum absolute atomic E-state index is 9.71. The first kappa shape index (κ1) is 15.3. The predicted molar refractivity (Wildman–Crippen MR) is 63.1 cm³/mol. The Morgan fingerprint density at radius 3 is 2.81 bits per heavy atom. The van der Waals surface area contributed by atoms with Crippen LogP contribution in [0.5, 0.6) is 0 Å². The fourth-order valence-electron chi connectivity index (χ4n) is 1.31. The van der Waals surface area contributed by atoms with Crippen LogP contribution in [0.2, 0.25) is 0 Å². The molecule has 0 aliphatic carbocycles. The molecule has 0 spiro atoms. The molecule has 0 amide bonds. The molecular formula is C11H23N3O2. The summed E-state index contributed by atoms with van der Waals surface area (Å²) < 4.78 is 4.88. The van der Waals surface area contributed by atoms with Gasteiger partial charge >= 0.3 is 0 Å². The van der Waals surface area contributed by atoms with Gasteiger partial charge in [-0.25, -0.2) is 0 Å². The Morgan fingerprint density at radius 1 is 1.56 bits per heavy atom. The summed E-state index contributed by atoms with van der Waals surface area (Å²) >= 11 is 0. The van der Waals surface area contributed by atoms with Crippen molar-refractivity contribution in [2.75, 3.05) is 40.4 Å². The fourth-order valence-corrected chi connectivity index (χ4v) is 1.31. The highest BCUT2D eigenvalue weighted by molar-refractivity contribution is 4.79. The van der Waals surface area contributed by atoms with E-state index in [1.54, 1.807) is 7.11 Å². The van der Waals surface area contributed by atoms with Gasteiger partial charge < -0.3 is 20.1 Å². The van der Waals surface area contributed by atoms with E-state index in [-0.39, 0.29) is 6.04 Å². The molecule has 0 saturated carbocycles. The minimum atomic E-state index is -0.414. The van der Waals surface area contributed by atoms with Crippen molar-refractivity contribution < 1.29 is 9.84 Å². The highest BCUT2D eigenvalue weighted by Gasteiger charge is 2.12. The molecule has 0 rings (SSSR count). The summed E-state index contributed by atoms with van der Waals surface area (Å²) in [5.41, 5.74) is 0. The van der Waals surface area contributed by atoms with E-state index in [9.17, 15) is 5.11 Å². The number of aliphatic hydroxyl groups is 1. The van der Waals surface area contributed by atoms with Crippen molar-refractivity contribution in [1.82, 2.24) is 10.2 Å². The number of nitriles is 1. The third-order valence-electron chi connectivity index (χ3n) is 2.50. The van der Waals surface area contributed by atoms with Crippen molar-refractivity contribution in [3.05, 3.63) is 0 Å². The molecule has 0 fully saturated rings. The highest BCUT2D eigenvalue weighted by Crippen LogP contribution is 2.00. The average Bonchev–Trinajstić information content (AvgIpc) is 2.24. The smallest absolute Gasteiger partial charge is 0.0791 e. The Labute approximate surface area is 98.0 Å². The molecular weight excluding hydrogens is 206 g/mol. The molecule has 0 aromatic carbocycles. The molecule has 2 N–H and O–H groups in total. The van der Waals surface area contributed by atoms with Gasteiger partial charge in [-0.3, -0.25) is 0 Å². The second kappa shape index (κ2) is 9.55. The van der Waals surface area contributed by atoms with Crippen LogP contribution in [0.25, 0.3) is 0 Å². The maximum Gasteiger partial charge on any atom is 0.0791 e. The van der Waals surface area contributed by atoms with E-state index in [2.05, 4.69) is 11.4 Å². The molecule has 94 valence electrons. The summed E-state index contributed by atoms with van der Waals surface area (Å²) in [5, 5.41) is 21.4. The van der Waals surface area contributed by atoms with E-state index >= 15 is 0 Å². The number of likely N-dealkylation sites (N-methyl/N-ethyl adjacent to an activating group) is 1. The number of rotatable bonds is 9. The molecule has 2 unspecified atom stereocenters. The van der Waals surface area contributed by atoms with Crippen molar-refractivity contribution in [2.24, 2.45) is 0 Å². The molecule has 0 aliphatic rings. The van der Waals surface area contributed by atoms with Gasteiger partial charge in [-0.05, 0) is 14.0 Å². The Hall–Kier alpha value is -0.670. The number of ether oxygens (including phenoxy) is 1. The van der Waals surface area contributed by atoms with E-state index in [1.165, 1.54) is 0 Å².